The Morgan fingerprint density at radius 2 is 2.07 bits per heavy atom. The number of carbonyl (C=O) groups excluding carboxylic acids is 1. The SMILES string of the molecule is COc1c(C)cc(Cl)c(C)c1C(N)=O. The summed E-state index contributed by atoms with van der Waals surface area (Å²) in [6, 6.07) is 1.75. The molecule has 2 N–H and O–H groups in total. The second-order valence-corrected chi connectivity index (χ2v) is 3.48. The number of benzene rings is 1. The second kappa shape index (κ2) is 3.88. The number of methoxy groups -OCH3 is 1. The number of hydrogen-bond donors (Lipinski definition) is 1. The number of ether oxygens (including phenoxy) is 1. The predicted octanol–water partition coefficient (Wildman–Crippen LogP) is 2.06. The molecule has 76 valence electrons. The van der Waals surface area contributed by atoms with Crippen molar-refractivity contribution in [3.05, 3.63) is 27.8 Å². The lowest BCUT2D eigenvalue weighted by atomic mass is 10.0. The van der Waals surface area contributed by atoms with Crippen molar-refractivity contribution >= 4 is 17.5 Å². The molecule has 0 aliphatic rings. The Labute approximate surface area is 87.8 Å². The number of nitrogens with two attached hydrogens (primary N) is 1. The van der Waals surface area contributed by atoms with Gasteiger partial charge < -0.3 is 10.5 Å². The molecule has 0 bridgehead atoms. The average Bonchev–Trinajstić information content (AvgIpc) is 2.10. The van der Waals surface area contributed by atoms with Gasteiger partial charge in [-0.3, -0.25) is 4.79 Å². The number of primary amides is 1. The molecule has 0 fully saturated rings. The lowest BCUT2D eigenvalue weighted by Gasteiger charge is -2.12. The summed E-state index contributed by atoms with van der Waals surface area (Å²) >= 11 is 5.93. The zero-order valence-electron chi connectivity index (χ0n) is 8.35. The van der Waals surface area contributed by atoms with Gasteiger partial charge in [0.2, 0.25) is 0 Å². The topological polar surface area (TPSA) is 52.3 Å². The monoisotopic (exact) mass is 213 g/mol. The summed E-state index contributed by atoms with van der Waals surface area (Å²) < 4.78 is 5.11. The molecule has 0 heterocycles. The third-order valence-corrected chi connectivity index (χ3v) is 2.50. The first-order valence-corrected chi connectivity index (χ1v) is 4.50. The van der Waals surface area contributed by atoms with E-state index in [2.05, 4.69) is 0 Å². The number of carbonyl (C=O) groups is 1. The number of halogens is 1. The molecule has 0 saturated carbocycles. The molecule has 0 atom stereocenters. The minimum Gasteiger partial charge on any atom is -0.496 e. The lowest BCUT2D eigenvalue weighted by molar-refractivity contribution is 0.0996. The molecule has 1 aromatic rings. The highest BCUT2D eigenvalue weighted by Gasteiger charge is 2.17. The standard InChI is InChI=1S/C10H12ClNO2/c1-5-4-7(11)6(2)8(10(12)13)9(5)14-3/h4H,1-3H3,(H2,12,13). The van der Waals surface area contributed by atoms with Gasteiger partial charge >= 0.3 is 0 Å². The summed E-state index contributed by atoms with van der Waals surface area (Å²) in [5.74, 6) is -0.0237. The minimum absolute atomic E-state index is 0.359. The molecule has 1 rings (SSSR count). The molecule has 0 unspecified atom stereocenters. The largest absolute Gasteiger partial charge is 0.496 e. The zero-order valence-corrected chi connectivity index (χ0v) is 9.11. The predicted molar refractivity (Wildman–Crippen MR) is 56.0 cm³/mol. The summed E-state index contributed by atoms with van der Waals surface area (Å²) in [4.78, 5) is 11.2. The van der Waals surface area contributed by atoms with Crippen molar-refractivity contribution in [1.29, 1.82) is 0 Å². The van der Waals surface area contributed by atoms with E-state index in [-0.39, 0.29) is 0 Å². The third kappa shape index (κ3) is 1.68. The quantitative estimate of drug-likeness (QED) is 0.818. The van der Waals surface area contributed by atoms with E-state index >= 15 is 0 Å². The highest BCUT2D eigenvalue weighted by molar-refractivity contribution is 6.32. The summed E-state index contributed by atoms with van der Waals surface area (Å²) in [6.45, 7) is 3.56. The maximum atomic E-state index is 11.2. The van der Waals surface area contributed by atoms with E-state index in [0.29, 0.717) is 21.9 Å². The van der Waals surface area contributed by atoms with Gasteiger partial charge in [-0.05, 0) is 31.0 Å². The Balaban J connectivity index is 3.56. The van der Waals surface area contributed by atoms with Crippen LogP contribution in [0.5, 0.6) is 5.75 Å². The van der Waals surface area contributed by atoms with Gasteiger partial charge in [-0.15, -0.1) is 0 Å². The first-order chi connectivity index (χ1) is 6.49. The number of amides is 1. The van der Waals surface area contributed by atoms with Gasteiger partial charge in [0.05, 0.1) is 12.7 Å². The maximum Gasteiger partial charge on any atom is 0.252 e. The number of hydrogen-bond acceptors (Lipinski definition) is 2. The lowest BCUT2D eigenvalue weighted by Crippen LogP contribution is -2.15. The van der Waals surface area contributed by atoms with Gasteiger partial charge in [0, 0.05) is 5.02 Å². The number of rotatable bonds is 2. The Morgan fingerprint density at radius 3 is 2.50 bits per heavy atom. The fourth-order valence-corrected chi connectivity index (χ4v) is 1.67. The fourth-order valence-electron chi connectivity index (χ4n) is 1.41. The average molecular weight is 214 g/mol. The first-order valence-electron chi connectivity index (χ1n) is 4.12. The Bertz CT molecular complexity index is 388. The molecule has 14 heavy (non-hydrogen) atoms. The maximum absolute atomic E-state index is 11.2. The van der Waals surface area contributed by atoms with E-state index in [9.17, 15) is 4.79 Å². The van der Waals surface area contributed by atoms with E-state index < -0.39 is 5.91 Å². The van der Waals surface area contributed by atoms with Crippen LogP contribution >= 0.6 is 11.6 Å². The van der Waals surface area contributed by atoms with E-state index in [1.165, 1.54) is 7.11 Å². The number of aryl methyl sites for hydroxylation is 1. The normalized spacial score (nSPS) is 10.0. The Kier molecular flexibility index (Phi) is 3.01. The van der Waals surface area contributed by atoms with Crippen molar-refractivity contribution in [3.8, 4) is 5.75 Å². The molecule has 0 aliphatic carbocycles. The molecule has 1 aromatic carbocycles. The molecule has 4 heteroatoms. The van der Waals surface area contributed by atoms with Crippen molar-refractivity contribution < 1.29 is 9.53 Å². The van der Waals surface area contributed by atoms with Crippen LogP contribution in [0, 0.1) is 13.8 Å². The smallest absolute Gasteiger partial charge is 0.252 e. The summed E-state index contributed by atoms with van der Waals surface area (Å²) in [5.41, 5.74) is 7.07. The van der Waals surface area contributed by atoms with Gasteiger partial charge in [-0.1, -0.05) is 11.6 Å². The fraction of sp³-hybridized carbons (Fsp3) is 0.300. The van der Waals surface area contributed by atoms with Crippen LogP contribution in [0.15, 0.2) is 6.07 Å². The highest BCUT2D eigenvalue weighted by Crippen LogP contribution is 2.31. The van der Waals surface area contributed by atoms with E-state index in [0.717, 1.165) is 5.56 Å². The van der Waals surface area contributed by atoms with Crippen LogP contribution < -0.4 is 10.5 Å². The van der Waals surface area contributed by atoms with Gasteiger partial charge in [0.25, 0.3) is 5.91 Å². The van der Waals surface area contributed by atoms with Gasteiger partial charge in [-0.2, -0.15) is 0 Å². The Morgan fingerprint density at radius 1 is 1.50 bits per heavy atom. The van der Waals surface area contributed by atoms with Crippen molar-refractivity contribution in [3.63, 3.8) is 0 Å². The van der Waals surface area contributed by atoms with Crippen molar-refractivity contribution in [1.82, 2.24) is 0 Å². The summed E-state index contributed by atoms with van der Waals surface area (Å²) in [6.07, 6.45) is 0. The van der Waals surface area contributed by atoms with E-state index in [1.807, 2.05) is 6.92 Å². The van der Waals surface area contributed by atoms with Crippen LogP contribution in [0.25, 0.3) is 0 Å². The minimum atomic E-state index is -0.523. The summed E-state index contributed by atoms with van der Waals surface area (Å²) in [7, 11) is 1.50. The van der Waals surface area contributed by atoms with E-state index in [1.54, 1.807) is 13.0 Å². The molecular weight excluding hydrogens is 202 g/mol. The third-order valence-electron chi connectivity index (χ3n) is 2.11. The molecule has 0 aliphatic heterocycles. The second-order valence-electron chi connectivity index (χ2n) is 3.07. The Hall–Kier alpha value is -1.22. The van der Waals surface area contributed by atoms with Crippen molar-refractivity contribution in [2.45, 2.75) is 13.8 Å². The van der Waals surface area contributed by atoms with Crippen LogP contribution in [0.1, 0.15) is 21.5 Å². The van der Waals surface area contributed by atoms with Gasteiger partial charge in [0.15, 0.2) is 0 Å². The molecule has 3 nitrogen and oxygen atoms in total. The molecule has 1 amide bonds. The summed E-state index contributed by atoms with van der Waals surface area (Å²) in [5, 5.41) is 0.525. The van der Waals surface area contributed by atoms with Crippen molar-refractivity contribution in [2.24, 2.45) is 5.73 Å². The molecule has 0 aromatic heterocycles. The van der Waals surface area contributed by atoms with Crippen LogP contribution in [-0.4, -0.2) is 13.0 Å². The van der Waals surface area contributed by atoms with Crippen LogP contribution in [0.3, 0.4) is 0 Å². The molecular formula is C10H12ClNO2. The zero-order chi connectivity index (χ0) is 10.9. The van der Waals surface area contributed by atoms with Crippen LogP contribution in [-0.2, 0) is 0 Å². The molecule has 0 saturated heterocycles. The molecule has 0 spiro atoms. The van der Waals surface area contributed by atoms with Crippen molar-refractivity contribution in [2.75, 3.05) is 7.11 Å². The van der Waals surface area contributed by atoms with Gasteiger partial charge in [0.1, 0.15) is 5.75 Å². The van der Waals surface area contributed by atoms with Crippen LogP contribution in [0.2, 0.25) is 5.02 Å². The highest BCUT2D eigenvalue weighted by atomic mass is 35.5. The van der Waals surface area contributed by atoms with Gasteiger partial charge in [-0.25, -0.2) is 0 Å². The van der Waals surface area contributed by atoms with Crippen LogP contribution in [0.4, 0.5) is 0 Å². The van der Waals surface area contributed by atoms with E-state index in [4.69, 9.17) is 22.1 Å². The molecule has 0 radical (unpaired) electrons. The first kappa shape index (κ1) is 10.9.